The largest absolute Gasteiger partial charge is 0.352 e. The number of carbonyl (C=O) groups is 1. The van der Waals surface area contributed by atoms with E-state index in [0.717, 1.165) is 38.5 Å². The van der Waals surface area contributed by atoms with Crippen molar-refractivity contribution in [1.29, 1.82) is 5.26 Å². The number of nitriles is 1. The topological polar surface area (TPSA) is 52.9 Å². The Morgan fingerprint density at radius 2 is 1.94 bits per heavy atom. The quantitative estimate of drug-likeness (QED) is 0.815. The Bertz CT molecular complexity index is 300. The first-order valence-electron chi connectivity index (χ1n) is 6.78. The molecule has 17 heavy (non-hydrogen) atoms. The predicted octanol–water partition coefficient (Wildman–Crippen LogP) is 3.01. The number of carbonyl (C=O) groups excluding carboxylic acids is 1. The van der Waals surface area contributed by atoms with Gasteiger partial charge in [0.1, 0.15) is 5.41 Å². The predicted molar refractivity (Wildman–Crippen MR) is 68.2 cm³/mol. The van der Waals surface area contributed by atoms with E-state index in [1.54, 1.807) is 0 Å². The number of nitrogens with one attached hydrogen (secondary N) is 1. The third-order valence-corrected chi connectivity index (χ3v) is 4.21. The van der Waals surface area contributed by atoms with Crippen molar-refractivity contribution in [3.8, 4) is 6.07 Å². The van der Waals surface area contributed by atoms with Gasteiger partial charge in [-0.1, -0.05) is 39.5 Å². The molecule has 0 aromatic heterocycles. The molecule has 1 rings (SSSR count). The molecule has 0 spiro atoms. The summed E-state index contributed by atoms with van der Waals surface area (Å²) < 4.78 is 0. The molecular weight excluding hydrogens is 212 g/mol. The molecule has 0 bridgehead atoms. The lowest BCUT2D eigenvalue weighted by Crippen LogP contribution is -2.46. The van der Waals surface area contributed by atoms with Gasteiger partial charge in [0, 0.05) is 6.04 Å². The molecule has 1 amide bonds. The summed E-state index contributed by atoms with van der Waals surface area (Å²) >= 11 is 0. The summed E-state index contributed by atoms with van der Waals surface area (Å²) in [5.41, 5.74) is -0.750. The van der Waals surface area contributed by atoms with E-state index in [0.29, 0.717) is 5.92 Å². The van der Waals surface area contributed by atoms with Crippen LogP contribution in [0.2, 0.25) is 0 Å². The maximum absolute atomic E-state index is 12.2. The van der Waals surface area contributed by atoms with Crippen molar-refractivity contribution < 1.29 is 4.79 Å². The van der Waals surface area contributed by atoms with E-state index in [9.17, 15) is 10.1 Å². The van der Waals surface area contributed by atoms with E-state index in [-0.39, 0.29) is 11.9 Å². The van der Waals surface area contributed by atoms with Gasteiger partial charge in [0.25, 0.3) is 0 Å². The fourth-order valence-electron chi connectivity index (χ4n) is 2.39. The van der Waals surface area contributed by atoms with Gasteiger partial charge < -0.3 is 5.32 Å². The van der Waals surface area contributed by atoms with Crippen molar-refractivity contribution in [2.75, 3.05) is 0 Å². The Morgan fingerprint density at radius 1 is 1.35 bits per heavy atom. The number of rotatable bonds is 4. The Balaban J connectivity index is 2.64. The molecule has 0 saturated heterocycles. The van der Waals surface area contributed by atoms with E-state index in [1.807, 2.05) is 6.92 Å². The smallest absolute Gasteiger partial charge is 0.240 e. The molecule has 0 aliphatic heterocycles. The van der Waals surface area contributed by atoms with E-state index in [2.05, 4.69) is 25.2 Å². The van der Waals surface area contributed by atoms with Gasteiger partial charge in [-0.3, -0.25) is 4.79 Å². The van der Waals surface area contributed by atoms with E-state index >= 15 is 0 Å². The molecule has 3 nitrogen and oxygen atoms in total. The molecule has 0 aromatic carbocycles. The lowest BCUT2D eigenvalue weighted by molar-refractivity contribution is -0.130. The van der Waals surface area contributed by atoms with Crippen LogP contribution < -0.4 is 5.32 Å². The summed E-state index contributed by atoms with van der Waals surface area (Å²) in [5.74, 6) is 0.408. The highest BCUT2D eigenvalue weighted by Gasteiger charge is 2.40. The molecule has 96 valence electrons. The van der Waals surface area contributed by atoms with Crippen LogP contribution in [-0.4, -0.2) is 11.9 Å². The van der Waals surface area contributed by atoms with Crippen LogP contribution in [0.1, 0.15) is 59.3 Å². The van der Waals surface area contributed by atoms with Gasteiger partial charge in [-0.15, -0.1) is 0 Å². The minimum atomic E-state index is -0.750. The highest BCUT2D eigenvalue weighted by atomic mass is 16.2. The fourth-order valence-corrected chi connectivity index (χ4v) is 2.39. The van der Waals surface area contributed by atoms with Crippen LogP contribution in [0.4, 0.5) is 0 Å². The van der Waals surface area contributed by atoms with Crippen molar-refractivity contribution in [1.82, 2.24) is 5.32 Å². The van der Waals surface area contributed by atoms with Gasteiger partial charge >= 0.3 is 0 Å². The van der Waals surface area contributed by atoms with Crippen molar-refractivity contribution in [3.63, 3.8) is 0 Å². The van der Waals surface area contributed by atoms with Crippen LogP contribution in [-0.2, 0) is 4.79 Å². The first-order chi connectivity index (χ1) is 8.05. The zero-order chi connectivity index (χ0) is 12.9. The molecule has 0 heterocycles. The van der Waals surface area contributed by atoms with E-state index in [4.69, 9.17) is 0 Å². The summed E-state index contributed by atoms with van der Waals surface area (Å²) in [6, 6.07) is 2.42. The first kappa shape index (κ1) is 14.0. The number of hydrogen-bond acceptors (Lipinski definition) is 2. The number of hydrogen-bond donors (Lipinski definition) is 1. The summed E-state index contributed by atoms with van der Waals surface area (Å²) in [7, 11) is 0. The minimum absolute atomic E-state index is 0.0486. The molecule has 1 N–H and O–H groups in total. The lowest BCUT2D eigenvalue weighted by atomic mass is 9.74. The highest BCUT2D eigenvalue weighted by Crippen LogP contribution is 2.36. The van der Waals surface area contributed by atoms with E-state index < -0.39 is 5.41 Å². The monoisotopic (exact) mass is 236 g/mol. The average molecular weight is 236 g/mol. The van der Waals surface area contributed by atoms with Gasteiger partial charge in [-0.05, 0) is 25.7 Å². The molecule has 2 atom stereocenters. The fraction of sp³-hybridized carbons (Fsp3) is 0.857. The second-order valence-electron chi connectivity index (χ2n) is 5.40. The zero-order valence-electron chi connectivity index (χ0n) is 11.3. The molecule has 1 aliphatic rings. The van der Waals surface area contributed by atoms with Crippen LogP contribution in [0.15, 0.2) is 0 Å². The van der Waals surface area contributed by atoms with E-state index in [1.165, 1.54) is 0 Å². The maximum Gasteiger partial charge on any atom is 0.240 e. The second-order valence-corrected chi connectivity index (χ2v) is 5.40. The third-order valence-electron chi connectivity index (χ3n) is 4.21. The minimum Gasteiger partial charge on any atom is -0.352 e. The Kier molecular flexibility index (Phi) is 4.99. The molecule has 1 saturated carbocycles. The molecule has 1 aliphatic carbocycles. The van der Waals surface area contributed by atoms with Crippen LogP contribution in [0, 0.1) is 22.7 Å². The zero-order valence-corrected chi connectivity index (χ0v) is 11.3. The first-order valence-corrected chi connectivity index (χ1v) is 6.78. The van der Waals surface area contributed by atoms with Gasteiger partial charge in [0.15, 0.2) is 0 Å². The summed E-state index contributed by atoms with van der Waals surface area (Å²) in [5, 5.41) is 12.3. The van der Waals surface area contributed by atoms with Crippen molar-refractivity contribution in [2.24, 2.45) is 11.3 Å². The third kappa shape index (κ3) is 3.21. The SMILES string of the molecule is CCC(C)C(C)NC(=O)C1(C#N)CCCCC1. The maximum atomic E-state index is 12.2. The second kappa shape index (κ2) is 6.05. The van der Waals surface area contributed by atoms with Crippen molar-refractivity contribution >= 4 is 5.91 Å². The van der Waals surface area contributed by atoms with Gasteiger partial charge in [-0.25, -0.2) is 0 Å². The molecule has 0 radical (unpaired) electrons. The van der Waals surface area contributed by atoms with Crippen molar-refractivity contribution in [3.05, 3.63) is 0 Å². The normalized spacial score (nSPS) is 22.2. The van der Waals surface area contributed by atoms with Crippen LogP contribution >= 0.6 is 0 Å². The molecule has 3 heteroatoms. The summed E-state index contributed by atoms with van der Waals surface area (Å²) in [6.07, 6.45) is 5.64. The van der Waals surface area contributed by atoms with Gasteiger partial charge in [0.05, 0.1) is 6.07 Å². The highest BCUT2D eigenvalue weighted by molar-refractivity contribution is 5.85. The molecular formula is C14H24N2O. The molecule has 2 unspecified atom stereocenters. The number of amides is 1. The van der Waals surface area contributed by atoms with Gasteiger partial charge in [0.2, 0.25) is 5.91 Å². The molecule has 0 aromatic rings. The summed E-state index contributed by atoms with van der Waals surface area (Å²) in [4.78, 5) is 12.2. The van der Waals surface area contributed by atoms with Crippen LogP contribution in [0.3, 0.4) is 0 Å². The van der Waals surface area contributed by atoms with Crippen LogP contribution in [0.25, 0.3) is 0 Å². The standard InChI is InChI=1S/C14H24N2O/c1-4-11(2)12(3)16-13(17)14(10-15)8-6-5-7-9-14/h11-12H,4-9H2,1-3H3,(H,16,17). The lowest BCUT2D eigenvalue weighted by Gasteiger charge is -2.31. The van der Waals surface area contributed by atoms with Gasteiger partial charge in [-0.2, -0.15) is 5.26 Å². The van der Waals surface area contributed by atoms with Crippen molar-refractivity contribution in [2.45, 2.75) is 65.3 Å². The number of nitrogens with zero attached hydrogens (tertiary/aromatic N) is 1. The summed E-state index contributed by atoms with van der Waals surface area (Å²) in [6.45, 7) is 6.28. The van der Waals surface area contributed by atoms with Crippen LogP contribution in [0.5, 0.6) is 0 Å². The Morgan fingerprint density at radius 3 is 2.41 bits per heavy atom. The Hall–Kier alpha value is -1.04. The Labute approximate surface area is 105 Å². The molecule has 1 fully saturated rings. The average Bonchev–Trinajstić information content (AvgIpc) is 2.38.